The van der Waals surface area contributed by atoms with Gasteiger partial charge in [0.25, 0.3) is 0 Å². The third-order valence-electron chi connectivity index (χ3n) is 3.39. The van der Waals surface area contributed by atoms with E-state index in [0.29, 0.717) is 4.21 Å². The second-order valence-electron chi connectivity index (χ2n) is 5.03. The first-order valence-electron chi connectivity index (χ1n) is 6.54. The van der Waals surface area contributed by atoms with Crippen molar-refractivity contribution in [3.63, 3.8) is 0 Å². The Balaban J connectivity index is 1.59. The van der Waals surface area contributed by atoms with Crippen LogP contribution in [-0.2, 0) is 16.6 Å². The Labute approximate surface area is 141 Å². The predicted octanol–water partition coefficient (Wildman–Crippen LogP) is 3.12. The molecular weight excluding hydrogens is 392 g/mol. The van der Waals surface area contributed by atoms with Gasteiger partial charge in [-0.25, -0.2) is 13.1 Å². The van der Waals surface area contributed by atoms with Crippen LogP contribution in [0.2, 0.25) is 0 Å². The van der Waals surface area contributed by atoms with Crippen molar-refractivity contribution in [1.29, 1.82) is 0 Å². The molecule has 1 atom stereocenters. The van der Waals surface area contributed by atoms with Crippen molar-refractivity contribution in [3.05, 3.63) is 38.3 Å². The number of thiophene rings is 2. The minimum absolute atomic E-state index is 0.00508. The summed E-state index contributed by atoms with van der Waals surface area (Å²) in [6, 6.07) is 5.51. The van der Waals surface area contributed by atoms with Crippen molar-refractivity contribution in [2.24, 2.45) is 0 Å². The van der Waals surface area contributed by atoms with Gasteiger partial charge in [0, 0.05) is 25.7 Å². The van der Waals surface area contributed by atoms with Crippen LogP contribution in [0, 0.1) is 0 Å². The highest BCUT2D eigenvalue weighted by atomic mass is 79.9. The van der Waals surface area contributed by atoms with E-state index < -0.39 is 10.0 Å². The molecule has 0 saturated carbocycles. The molecule has 0 radical (unpaired) electrons. The molecule has 0 bridgehead atoms. The van der Waals surface area contributed by atoms with Crippen LogP contribution < -0.4 is 4.72 Å². The molecule has 1 N–H and O–H groups in total. The summed E-state index contributed by atoms with van der Waals surface area (Å²) in [6.45, 7) is 2.59. The molecular formula is C13H15BrN2O2S3. The van der Waals surface area contributed by atoms with Crippen LogP contribution in [0.4, 0.5) is 0 Å². The van der Waals surface area contributed by atoms with Gasteiger partial charge in [0.15, 0.2) is 0 Å². The van der Waals surface area contributed by atoms with Gasteiger partial charge in [0.1, 0.15) is 4.21 Å². The molecule has 1 aliphatic rings. The monoisotopic (exact) mass is 406 g/mol. The summed E-state index contributed by atoms with van der Waals surface area (Å²) in [5, 5.41) is 4.21. The zero-order chi connectivity index (χ0) is 14.9. The van der Waals surface area contributed by atoms with Gasteiger partial charge in [-0.3, -0.25) is 4.90 Å². The van der Waals surface area contributed by atoms with Crippen LogP contribution in [-0.4, -0.2) is 32.4 Å². The Bertz CT molecular complexity index is 697. The van der Waals surface area contributed by atoms with E-state index in [-0.39, 0.29) is 6.04 Å². The van der Waals surface area contributed by atoms with Gasteiger partial charge in [-0.05, 0) is 56.9 Å². The maximum atomic E-state index is 12.3. The summed E-state index contributed by atoms with van der Waals surface area (Å²) < 4.78 is 28.6. The van der Waals surface area contributed by atoms with E-state index in [1.165, 1.54) is 16.9 Å². The lowest BCUT2D eigenvalue weighted by Crippen LogP contribution is -2.36. The number of likely N-dealkylation sites (tertiary alicyclic amines) is 1. The fourth-order valence-corrected chi connectivity index (χ4v) is 6.38. The number of nitrogens with zero attached hydrogens (tertiary/aromatic N) is 1. The fourth-order valence-electron chi connectivity index (χ4n) is 2.43. The van der Waals surface area contributed by atoms with Crippen molar-refractivity contribution in [2.75, 3.05) is 13.1 Å². The Hall–Kier alpha value is -0.250. The van der Waals surface area contributed by atoms with E-state index in [9.17, 15) is 8.42 Å². The van der Waals surface area contributed by atoms with Gasteiger partial charge in [0.05, 0.1) is 3.79 Å². The van der Waals surface area contributed by atoms with Crippen molar-refractivity contribution in [1.82, 2.24) is 9.62 Å². The molecule has 0 aliphatic carbocycles. The minimum atomic E-state index is -3.39. The quantitative estimate of drug-likeness (QED) is 0.829. The average Bonchev–Trinajstić information content (AvgIpc) is 3.12. The lowest BCUT2D eigenvalue weighted by Gasteiger charge is -2.15. The topological polar surface area (TPSA) is 49.4 Å². The summed E-state index contributed by atoms with van der Waals surface area (Å²) in [4.78, 5) is 2.29. The first-order chi connectivity index (χ1) is 10.0. The number of nitrogens with one attached hydrogen (secondary N) is 1. The molecule has 114 valence electrons. The molecule has 0 aromatic carbocycles. The van der Waals surface area contributed by atoms with Gasteiger partial charge < -0.3 is 0 Å². The predicted molar refractivity (Wildman–Crippen MR) is 90.3 cm³/mol. The third-order valence-corrected chi connectivity index (χ3v) is 7.76. The van der Waals surface area contributed by atoms with E-state index in [2.05, 4.69) is 42.4 Å². The lowest BCUT2D eigenvalue weighted by molar-refractivity contribution is 0.325. The van der Waals surface area contributed by atoms with Gasteiger partial charge in [0.2, 0.25) is 10.0 Å². The lowest BCUT2D eigenvalue weighted by atomic mass is 10.3. The van der Waals surface area contributed by atoms with E-state index in [4.69, 9.17) is 0 Å². The maximum absolute atomic E-state index is 12.3. The van der Waals surface area contributed by atoms with Crippen LogP contribution in [0.3, 0.4) is 0 Å². The van der Waals surface area contributed by atoms with Crippen molar-refractivity contribution < 1.29 is 8.42 Å². The molecule has 1 unspecified atom stereocenters. The van der Waals surface area contributed by atoms with Crippen LogP contribution in [0.5, 0.6) is 0 Å². The number of hydrogen-bond acceptors (Lipinski definition) is 5. The molecule has 21 heavy (non-hydrogen) atoms. The molecule has 4 nitrogen and oxygen atoms in total. The molecule has 2 aromatic rings. The van der Waals surface area contributed by atoms with Crippen molar-refractivity contribution in [3.8, 4) is 0 Å². The molecule has 1 fully saturated rings. The third kappa shape index (κ3) is 3.94. The molecule has 1 saturated heterocycles. The summed E-state index contributed by atoms with van der Waals surface area (Å²) in [5.74, 6) is 0. The standard InChI is InChI=1S/C13H15BrN2O2S3/c14-12-1-2-13(20-12)21(17,18)15-11-3-5-16(8-11)7-10-4-6-19-9-10/h1-2,4,6,9,11,15H,3,5,7-8H2. The van der Waals surface area contributed by atoms with Crippen molar-refractivity contribution in [2.45, 2.75) is 23.2 Å². The number of halogens is 1. The minimum Gasteiger partial charge on any atom is -0.297 e. The van der Waals surface area contributed by atoms with E-state index in [1.54, 1.807) is 23.5 Å². The SMILES string of the molecule is O=S(=O)(NC1CCN(Cc2ccsc2)C1)c1ccc(Br)s1. The Morgan fingerprint density at radius 1 is 1.38 bits per heavy atom. The summed E-state index contributed by atoms with van der Waals surface area (Å²) in [5.41, 5.74) is 1.30. The van der Waals surface area contributed by atoms with E-state index in [1.807, 2.05) is 0 Å². The zero-order valence-electron chi connectivity index (χ0n) is 11.2. The summed E-state index contributed by atoms with van der Waals surface area (Å²) in [7, 11) is -3.39. The normalized spacial score (nSPS) is 20.1. The van der Waals surface area contributed by atoms with Gasteiger partial charge in [-0.1, -0.05) is 0 Å². The van der Waals surface area contributed by atoms with Crippen molar-refractivity contribution >= 4 is 48.6 Å². The second-order valence-corrected chi connectivity index (χ2v) is 10.2. The first kappa shape index (κ1) is 15.6. The van der Waals surface area contributed by atoms with Crippen LogP contribution >= 0.6 is 38.6 Å². The summed E-state index contributed by atoms with van der Waals surface area (Å²) >= 11 is 6.23. The number of rotatable bonds is 5. The van der Waals surface area contributed by atoms with Crippen LogP contribution in [0.15, 0.2) is 37.0 Å². The van der Waals surface area contributed by atoms with E-state index >= 15 is 0 Å². The van der Waals surface area contributed by atoms with Gasteiger partial charge in [-0.15, -0.1) is 11.3 Å². The largest absolute Gasteiger partial charge is 0.297 e. The fraction of sp³-hybridized carbons (Fsp3) is 0.385. The van der Waals surface area contributed by atoms with Crippen LogP contribution in [0.1, 0.15) is 12.0 Å². The van der Waals surface area contributed by atoms with E-state index in [0.717, 1.165) is 29.8 Å². The smallest absolute Gasteiger partial charge is 0.250 e. The Morgan fingerprint density at radius 2 is 2.24 bits per heavy atom. The average molecular weight is 407 g/mol. The molecule has 1 aliphatic heterocycles. The maximum Gasteiger partial charge on any atom is 0.250 e. The van der Waals surface area contributed by atoms with Gasteiger partial charge >= 0.3 is 0 Å². The number of sulfonamides is 1. The highest BCUT2D eigenvalue weighted by Crippen LogP contribution is 2.26. The molecule has 3 heterocycles. The zero-order valence-corrected chi connectivity index (χ0v) is 15.2. The highest BCUT2D eigenvalue weighted by molar-refractivity contribution is 9.11. The highest BCUT2D eigenvalue weighted by Gasteiger charge is 2.28. The molecule has 3 rings (SSSR count). The molecule has 0 amide bonds. The molecule has 8 heteroatoms. The second kappa shape index (κ2) is 6.47. The first-order valence-corrected chi connectivity index (χ1v) is 10.6. The molecule has 2 aromatic heterocycles. The molecule has 0 spiro atoms. The number of hydrogen-bond donors (Lipinski definition) is 1. The van der Waals surface area contributed by atoms with Crippen LogP contribution in [0.25, 0.3) is 0 Å². The Kier molecular flexibility index (Phi) is 4.82. The Morgan fingerprint density at radius 3 is 2.90 bits per heavy atom. The summed E-state index contributed by atoms with van der Waals surface area (Å²) in [6.07, 6.45) is 0.857. The van der Waals surface area contributed by atoms with Gasteiger partial charge in [-0.2, -0.15) is 11.3 Å².